The third kappa shape index (κ3) is 6.66. The maximum absolute atomic E-state index is 13.4. The van der Waals surface area contributed by atoms with Crippen LogP contribution in [-0.4, -0.2) is 26.6 Å². The number of carbonyl (C=O) groups excluding carboxylic acids is 1. The molecule has 0 fully saturated rings. The van der Waals surface area contributed by atoms with Crippen LogP contribution >= 0.6 is 11.6 Å². The van der Waals surface area contributed by atoms with E-state index in [0.29, 0.717) is 22.7 Å². The molecular formula is C25H26ClN3O3S. The summed E-state index contributed by atoms with van der Waals surface area (Å²) in [6.45, 7) is 3.15. The molecule has 33 heavy (non-hydrogen) atoms. The topological polar surface area (TPSA) is 78.8 Å². The van der Waals surface area contributed by atoms with Crippen LogP contribution in [0.1, 0.15) is 24.5 Å². The predicted octanol–water partition coefficient (Wildman–Crippen LogP) is 4.97. The average molecular weight is 484 g/mol. The van der Waals surface area contributed by atoms with Crippen LogP contribution in [-0.2, 0) is 21.2 Å². The van der Waals surface area contributed by atoms with Gasteiger partial charge in [0.1, 0.15) is 6.54 Å². The van der Waals surface area contributed by atoms with Crippen molar-refractivity contribution in [3.05, 3.63) is 95.0 Å². The van der Waals surface area contributed by atoms with Crippen molar-refractivity contribution >= 4 is 38.9 Å². The molecule has 0 saturated heterocycles. The zero-order valence-corrected chi connectivity index (χ0v) is 20.1. The minimum Gasteiger partial charge on any atom is -0.271 e. The van der Waals surface area contributed by atoms with Crippen molar-refractivity contribution in [2.75, 3.05) is 10.8 Å². The monoisotopic (exact) mass is 483 g/mol. The van der Waals surface area contributed by atoms with E-state index in [1.807, 2.05) is 37.3 Å². The Morgan fingerprint density at radius 1 is 1.00 bits per heavy atom. The fourth-order valence-electron chi connectivity index (χ4n) is 3.22. The molecule has 0 aliphatic carbocycles. The minimum atomic E-state index is -4.01. The number of carbonyl (C=O) groups is 1. The molecule has 3 rings (SSSR count). The van der Waals surface area contributed by atoms with E-state index >= 15 is 0 Å². The van der Waals surface area contributed by atoms with Gasteiger partial charge in [-0.1, -0.05) is 66.2 Å². The number of hydrogen-bond donors (Lipinski definition) is 1. The number of amides is 1. The fourth-order valence-corrected chi connectivity index (χ4v) is 4.88. The maximum atomic E-state index is 13.4. The van der Waals surface area contributed by atoms with Gasteiger partial charge in [0.25, 0.3) is 15.9 Å². The van der Waals surface area contributed by atoms with Gasteiger partial charge in [0.2, 0.25) is 0 Å². The Morgan fingerprint density at radius 2 is 1.64 bits per heavy atom. The maximum Gasteiger partial charge on any atom is 0.264 e. The second kappa shape index (κ2) is 11.1. The molecule has 172 valence electrons. The summed E-state index contributed by atoms with van der Waals surface area (Å²) in [5.41, 5.74) is 5.42. The summed E-state index contributed by atoms with van der Waals surface area (Å²) < 4.78 is 27.9. The number of anilines is 1. The Bertz CT molecular complexity index is 1230. The van der Waals surface area contributed by atoms with Crippen LogP contribution < -0.4 is 9.73 Å². The highest BCUT2D eigenvalue weighted by atomic mass is 35.5. The van der Waals surface area contributed by atoms with Crippen LogP contribution in [0.25, 0.3) is 0 Å². The molecule has 6 nitrogen and oxygen atoms in total. The third-order valence-corrected chi connectivity index (χ3v) is 7.06. The molecule has 8 heteroatoms. The van der Waals surface area contributed by atoms with Gasteiger partial charge in [-0.2, -0.15) is 5.10 Å². The van der Waals surface area contributed by atoms with Gasteiger partial charge in [-0.15, -0.1) is 0 Å². The standard InChI is InChI=1S/C25H26ClN3O3S/c1-19-13-16-22(26)17-24(19)29(33(31,32)23-11-7-4-8-12-23)18-25(30)28-27-20(2)14-15-21-9-5-3-6-10-21/h3-13,16-17H,14-15,18H2,1-2H3,(H,28,30)/b27-20-. The van der Waals surface area contributed by atoms with Gasteiger partial charge < -0.3 is 0 Å². The highest BCUT2D eigenvalue weighted by Crippen LogP contribution is 2.29. The van der Waals surface area contributed by atoms with Crippen LogP contribution in [0.15, 0.2) is 88.9 Å². The first-order valence-corrected chi connectivity index (χ1v) is 12.3. The second-order valence-corrected chi connectivity index (χ2v) is 9.92. The van der Waals surface area contributed by atoms with E-state index in [4.69, 9.17) is 11.6 Å². The lowest BCUT2D eigenvalue weighted by atomic mass is 10.1. The van der Waals surface area contributed by atoms with E-state index in [-0.39, 0.29) is 4.90 Å². The molecule has 0 aromatic heterocycles. The Balaban J connectivity index is 1.78. The molecule has 1 N–H and O–H groups in total. The molecule has 0 aliphatic rings. The Labute approximate surface area is 200 Å². The summed E-state index contributed by atoms with van der Waals surface area (Å²) in [6.07, 6.45) is 1.46. The molecular weight excluding hydrogens is 458 g/mol. The molecule has 0 saturated carbocycles. The zero-order chi connectivity index (χ0) is 23.8. The Hall–Kier alpha value is -3.16. The van der Waals surface area contributed by atoms with E-state index in [9.17, 15) is 13.2 Å². The number of benzene rings is 3. The lowest BCUT2D eigenvalue weighted by Crippen LogP contribution is -2.40. The number of nitrogens with one attached hydrogen (secondary N) is 1. The van der Waals surface area contributed by atoms with Gasteiger partial charge in [-0.25, -0.2) is 13.8 Å². The van der Waals surface area contributed by atoms with Gasteiger partial charge in [-0.3, -0.25) is 9.10 Å². The lowest BCUT2D eigenvalue weighted by molar-refractivity contribution is -0.119. The normalized spacial score (nSPS) is 11.8. The highest BCUT2D eigenvalue weighted by molar-refractivity contribution is 7.92. The van der Waals surface area contributed by atoms with Gasteiger partial charge in [-0.05, 0) is 62.1 Å². The molecule has 0 radical (unpaired) electrons. The quantitative estimate of drug-likeness (QED) is 0.345. The van der Waals surface area contributed by atoms with E-state index in [0.717, 1.165) is 16.4 Å². The van der Waals surface area contributed by atoms with Gasteiger partial charge in [0.15, 0.2) is 0 Å². The number of halogens is 1. The Kier molecular flexibility index (Phi) is 8.25. The number of rotatable bonds is 9. The average Bonchev–Trinajstić information content (AvgIpc) is 2.82. The second-order valence-electron chi connectivity index (χ2n) is 7.62. The molecule has 0 aliphatic heterocycles. The molecule has 3 aromatic rings. The summed E-state index contributed by atoms with van der Waals surface area (Å²) in [5.74, 6) is -0.548. The lowest BCUT2D eigenvalue weighted by Gasteiger charge is -2.25. The number of aryl methyl sites for hydroxylation is 2. The molecule has 0 atom stereocenters. The van der Waals surface area contributed by atoms with Gasteiger partial charge >= 0.3 is 0 Å². The van der Waals surface area contributed by atoms with E-state index in [1.165, 1.54) is 17.7 Å². The summed E-state index contributed by atoms with van der Waals surface area (Å²) in [5, 5.41) is 4.52. The first kappa shape index (κ1) is 24.5. The van der Waals surface area contributed by atoms with Gasteiger partial charge in [0.05, 0.1) is 10.6 Å². The molecule has 1 amide bonds. The molecule has 0 unspecified atom stereocenters. The SMILES string of the molecule is C/C(CCc1ccccc1)=N/NC(=O)CN(c1cc(Cl)ccc1C)S(=O)(=O)c1ccccc1. The fraction of sp³-hybridized carbons (Fsp3) is 0.200. The Morgan fingerprint density at radius 3 is 2.30 bits per heavy atom. The zero-order valence-electron chi connectivity index (χ0n) is 18.5. The summed E-state index contributed by atoms with van der Waals surface area (Å²) in [4.78, 5) is 12.8. The third-order valence-electron chi connectivity index (χ3n) is 5.05. The predicted molar refractivity (Wildman–Crippen MR) is 133 cm³/mol. The van der Waals surface area contributed by atoms with Crippen molar-refractivity contribution in [2.45, 2.75) is 31.6 Å². The van der Waals surface area contributed by atoms with Crippen LogP contribution in [0.2, 0.25) is 5.02 Å². The highest BCUT2D eigenvalue weighted by Gasteiger charge is 2.28. The number of hydrogen-bond acceptors (Lipinski definition) is 4. The van der Waals surface area contributed by atoms with E-state index in [2.05, 4.69) is 10.5 Å². The summed E-state index contributed by atoms with van der Waals surface area (Å²) in [6, 6.07) is 22.9. The van der Waals surface area contributed by atoms with Crippen molar-refractivity contribution in [1.82, 2.24) is 5.43 Å². The summed E-state index contributed by atoms with van der Waals surface area (Å²) >= 11 is 6.14. The molecule has 0 heterocycles. The number of nitrogens with zero attached hydrogens (tertiary/aromatic N) is 2. The van der Waals surface area contributed by atoms with Crippen LogP contribution in [0.5, 0.6) is 0 Å². The van der Waals surface area contributed by atoms with E-state index in [1.54, 1.807) is 43.3 Å². The minimum absolute atomic E-state index is 0.0831. The van der Waals surface area contributed by atoms with Crippen molar-refractivity contribution in [1.29, 1.82) is 0 Å². The number of sulfonamides is 1. The number of hydrazone groups is 1. The van der Waals surface area contributed by atoms with Crippen molar-refractivity contribution in [3.8, 4) is 0 Å². The van der Waals surface area contributed by atoms with Crippen LogP contribution in [0.4, 0.5) is 5.69 Å². The van der Waals surface area contributed by atoms with Crippen LogP contribution in [0, 0.1) is 6.92 Å². The first-order chi connectivity index (χ1) is 15.8. The molecule has 0 spiro atoms. The first-order valence-electron chi connectivity index (χ1n) is 10.5. The van der Waals surface area contributed by atoms with E-state index < -0.39 is 22.5 Å². The van der Waals surface area contributed by atoms with Crippen LogP contribution in [0.3, 0.4) is 0 Å². The van der Waals surface area contributed by atoms with Crippen molar-refractivity contribution < 1.29 is 13.2 Å². The summed E-state index contributed by atoms with van der Waals surface area (Å²) in [7, 11) is -4.01. The van der Waals surface area contributed by atoms with Gasteiger partial charge in [0, 0.05) is 10.7 Å². The smallest absolute Gasteiger partial charge is 0.264 e. The molecule has 3 aromatic carbocycles. The molecule has 0 bridgehead atoms. The largest absolute Gasteiger partial charge is 0.271 e. The van der Waals surface area contributed by atoms with Crippen molar-refractivity contribution in [3.63, 3.8) is 0 Å². The van der Waals surface area contributed by atoms with Crippen molar-refractivity contribution in [2.24, 2.45) is 5.10 Å².